The van der Waals surface area contributed by atoms with Gasteiger partial charge in [0.15, 0.2) is 0 Å². The highest BCUT2D eigenvalue weighted by Crippen LogP contribution is 2.43. The zero-order chi connectivity index (χ0) is 30.2. The number of aldehydes is 1. The summed E-state index contributed by atoms with van der Waals surface area (Å²) in [7, 11) is 1.41. The van der Waals surface area contributed by atoms with Crippen LogP contribution in [0.1, 0.15) is 23.0 Å². The lowest BCUT2D eigenvalue weighted by Crippen LogP contribution is -2.08. The van der Waals surface area contributed by atoms with Crippen molar-refractivity contribution >= 4 is 24.9 Å². The lowest BCUT2D eigenvalue weighted by molar-refractivity contribution is 0.112. The fraction of sp³-hybridized carbons (Fsp3) is 0.152. The maximum atomic E-state index is 12.0. The molecule has 1 heterocycles. The molecule has 0 unspecified atom stereocenters. The van der Waals surface area contributed by atoms with Crippen LogP contribution in [0.5, 0.6) is 5.75 Å². The summed E-state index contributed by atoms with van der Waals surface area (Å²) in [6, 6.07) is 24.8. The molecule has 214 valence electrons. The molecule has 0 amide bonds. The molecule has 8 nitrogen and oxygen atoms in total. The Hall–Kier alpha value is -4.49. The Labute approximate surface area is 244 Å². The van der Waals surface area contributed by atoms with E-state index in [1.807, 2.05) is 36.7 Å². The van der Waals surface area contributed by atoms with Gasteiger partial charge in [0.2, 0.25) is 0 Å². The number of phenols is 1. The number of nitrogens with zero attached hydrogens (tertiary/aromatic N) is 3. The van der Waals surface area contributed by atoms with Crippen molar-refractivity contribution in [2.45, 2.75) is 13.3 Å². The summed E-state index contributed by atoms with van der Waals surface area (Å²) < 4.78 is 14.1. The van der Waals surface area contributed by atoms with Crippen molar-refractivity contribution in [2.24, 2.45) is 7.05 Å². The quantitative estimate of drug-likeness (QED) is 0.151. The van der Waals surface area contributed by atoms with E-state index in [0.29, 0.717) is 45.6 Å². The zero-order valence-corrected chi connectivity index (χ0v) is 24.7. The van der Waals surface area contributed by atoms with Gasteiger partial charge in [-0.1, -0.05) is 49.4 Å². The highest BCUT2D eigenvalue weighted by atomic mass is 31.2. The van der Waals surface area contributed by atoms with E-state index in [1.54, 1.807) is 42.5 Å². The molecule has 42 heavy (non-hydrogen) atoms. The van der Waals surface area contributed by atoms with E-state index in [0.717, 1.165) is 28.9 Å². The molecule has 0 aliphatic heterocycles. The minimum atomic E-state index is -4.53. The Bertz CT molecular complexity index is 1840. The Morgan fingerprint density at radius 3 is 2.05 bits per heavy atom. The highest BCUT2D eigenvalue weighted by Gasteiger charge is 2.23. The number of aromatic nitrogens is 2. The van der Waals surface area contributed by atoms with E-state index in [-0.39, 0.29) is 11.1 Å². The van der Waals surface area contributed by atoms with E-state index in [4.69, 9.17) is 4.98 Å². The molecule has 0 fully saturated rings. The molecule has 5 rings (SSSR count). The maximum Gasteiger partial charge on any atom is 0.356 e. The number of phenolic OH excluding ortho intramolecular Hbond substituents is 1. The predicted octanol–water partition coefficient (Wildman–Crippen LogP) is 6.04. The van der Waals surface area contributed by atoms with Gasteiger partial charge in [-0.25, -0.2) is 4.98 Å². The summed E-state index contributed by atoms with van der Waals surface area (Å²) in [5.74, 6) is 0.591. The van der Waals surface area contributed by atoms with Gasteiger partial charge in [0.25, 0.3) is 0 Å². The number of carbonyl (C=O) groups is 1. The largest absolute Gasteiger partial charge is 0.507 e. The second kappa shape index (κ2) is 11.4. The van der Waals surface area contributed by atoms with Crippen molar-refractivity contribution in [3.63, 3.8) is 0 Å². The van der Waals surface area contributed by atoms with E-state index < -0.39 is 7.60 Å². The molecule has 0 aliphatic carbocycles. The van der Waals surface area contributed by atoms with Crippen molar-refractivity contribution in [3.05, 3.63) is 96.2 Å². The number of imidazole rings is 1. The van der Waals surface area contributed by atoms with Crippen LogP contribution < -0.4 is 10.2 Å². The molecule has 0 saturated carbocycles. The van der Waals surface area contributed by atoms with Gasteiger partial charge in [-0.3, -0.25) is 9.36 Å². The second-order valence-electron chi connectivity index (χ2n) is 10.3. The number of anilines is 1. The van der Waals surface area contributed by atoms with Gasteiger partial charge in [0.05, 0.1) is 16.7 Å². The van der Waals surface area contributed by atoms with E-state index >= 15 is 0 Å². The molecular weight excluding hydrogens is 549 g/mol. The molecule has 0 saturated heterocycles. The molecule has 0 spiro atoms. The lowest BCUT2D eigenvalue weighted by Gasteiger charge is -2.16. The highest BCUT2D eigenvalue weighted by molar-refractivity contribution is 7.60. The first-order valence-electron chi connectivity index (χ1n) is 13.4. The van der Waals surface area contributed by atoms with E-state index in [2.05, 4.69) is 31.2 Å². The normalized spacial score (nSPS) is 11.5. The molecule has 5 aromatic rings. The summed E-state index contributed by atoms with van der Waals surface area (Å²) in [5, 5.41) is 11.4. The van der Waals surface area contributed by atoms with Crippen molar-refractivity contribution in [3.8, 4) is 50.6 Å². The topological polar surface area (TPSA) is 116 Å². The number of carbonyl (C=O) groups excluding carboxylic acids is 1. The Balaban J connectivity index is 1.76. The monoisotopic (exact) mass is 581 g/mol. The van der Waals surface area contributed by atoms with Crippen LogP contribution in [0.2, 0.25) is 0 Å². The van der Waals surface area contributed by atoms with Crippen LogP contribution in [0, 0.1) is 0 Å². The molecule has 9 heteroatoms. The smallest absolute Gasteiger partial charge is 0.356 e. The third-order valence-corrected chi connectivity index (χ3v) is 8.31. The molecular formula is C33H32N3O5P. The average molecular weight is 582 g/mol. The van der Waals surface area contributed by atoms with Crippen LogP contribution >= 0.6 is 7.60 Å². The maximum absolute atomic E-state index is 12.0. The van der Waals surface area contributed by atoms with Crippen LogP contribution in [0.25, 0.3) is 44.9 Å². The molecule has 3 N–H and O–H groups in total. The lowest BCUT2D eigenvalue weighted by atomic mass is 9.93. The number of aryl methyl sites for hydroxylation is 1. The minimum absolute atomic E-state index is 0.0749. The van der Waals surface area contributed by atoms with Crippen LogP contribution in [0.4, 0.5) is 5.69 Å². The van der Waals surface area contributed by atoms with Crippen molar-refractivity contribution in [2.75, 3.05) is 19.0 Å². The second-order valence-corrected chi connectivity index (χ2v) is 11.9. The van der Waals surface area contributed by atoms with Gasteiger partial charge in [0, 0.05) is 54.6 Å². The summed E-state index contributed by atoms with van der Waals surface area (Å²) in [6.07, 6.45) is 1.44. The standard InChI is InChI=1S/C33H32N3O5P/c1-5-30-31(22-12-14-26(15-13-22)35(2)3)36(4)33(34-30)25-18-28(23-9-6-8-21(16-23)20-37)32(38)29(19-25)24-10-7-11-27(17-24)42(39,40)41/h6-20,38H,5H2,1-4H3,(H2,39,40,41). The third-order valence-electron chi connectivity index (χ3n) is 7.35. The van der Waals surface area contributed by atoms with Gasteiger partial charge in [-0.05, 0) is 60.0 Å². The molecule has 0 aliphatic rings. The van der Waals surface area contributed by atoms with Gasteiger partial charge in [-0.2, -0.15) is 0 Å². The third kappa shape index (κ3) is 5.52. The molecule has 1 aromatic heterocycles. The Kier molecular flexibility index (Phi) is 7.89. The minimum Gasteiger partial charge on any atom is -0.507 e. The van der Waals surface area contributed by atoms with Crippen molar-refractivity contribution in [1.29, 1.82) is 0 Å². The van der Waals surface area contributed by atoms with Gasteiger partial charge < -0.3 is 24.4 Å². The zero-order valence-electron chi connectivity index (χ0n) is 23.8. The summed E-state index contributed by atoms with van der Waals surface area (Å²) in [5.41, 5.74) is 7.04. The first-order valence-corrected chi connectivity index (χ1v) is 15.1. The number of aromatic hydroxyl groups is 1. The average Bonchev–Trinajstić information content (AvgIpc) is 3.33. The van der Waals surface area contributed by atoms with Crippen LogP contribution in [0.3, 0.4) is 0 Å². The van der Waals surface area contributed by atoms with Crippen molar-refractivity contribution < 1.29 is 24.3 Å². The summed E-state index contributed by atoms with van der Waals surface area (Å²) in [4.78, 5) is 38.2. The number of rotatable bonds is 8. The Morgan fingerprint density at radius 1 is 0.857 bits per heavy atom. The Morgan fingerprint density at radius 2 is 1.48 bits per heavy atom. The van der Waals surface area contributed by atoms with Gasteiger partial charge in [-0.15, -0.1) is 0 Å². The van der Waals surface area contributed by atoms with Crippen LogP contribution in [-0.4, -0.2) is 44.8 Å². The molecule has 4 aromatic carbocycles. The van der Waals surface area contributed by atoms with E-state index in [1.165, 1.54) is 12.1 Å². The molecule has 0 atom stereocenters. The first kappa shape index (κ1) is 29.0. The first-order chi connectivity index (χ1) is 20.0. The summed E-state index contributed by atoms with van der Waals surface area (Å²) in [6.45, 7) is 2.05. The van der Waals surface area contributed by atoms with E-state index in [9.17, 15) is 24.3 Å². The fourth-order valence-corrected chi connectivity index (χ4v) is 5.76. The number of benzene rings is 4. The fourth-order valence-electron chi connectivity index (χ4n) is 5.18. The van der Waals surface area contributed by atoms with Crippen LogP contribution in [0.15, 0.2) is 84.9 Å². The number of hydrogen-bond acceptors (Lipinski definition) is 5. The molecule has 0 bridgehead atoms. The van der Waals surface area contributed by atoms with Gasteiger partial charge in [0.1, 0.15) is 17.9 Å². The van der Waals surface area contributed by atoms with Crippen molar-refractivity contribution in [1.82, 2.24) is 9.55 Å². The van der Waals surface area contributed by atoms with Gasteiger partial charge >= 0.3 is 7.60 Å². The van der Waals surface area contributed by atoms with Crippen LogP contribution in [-0.2, 0) is 18.0 Å². The molecule has 0 radical (unpaired) electrons. The predicted molar refractivity (Wildman–Crippen MR) is 167 cm³/mol. The SMILES string of the molecule is CCc1nc(-c2cc(-c3cccc(C=O)c3)c(O)c(-c3cccc(P(=O)(O)O)c3)c2)n(C)c1-c1ccc(N(C)C)cc1. The number of hydrogen-bond donors (Lipinski definition) is 3. The summed E-state index contributed by atoms with van der Waals surface area (Å²) >= 11 is 0.